The number of nitrogens with one attached hydrogen (secondary N) is 3. The normalized spacial score (nSPS) is 17.9. The van der Waals surface area contributed by atoms with Gasteiger partial charge in [-0.3, -0.25) is 9.59 Å². The predicted molar refractivity (Wildman–Crippen MR) is 118 cm³/mol. The second kappa shape index (κ2) is 11.1. The van der Waals surface area contributed by atoms with Crippen molar-refractivity contribution in [3.8, 4) is 0 Å². The number of benzene rings is 1. The highest BCUT2D eigenvalue weighted by Crippen LogP contribution is 2.18. The maximum atomic E-state index is 13.3. The van der Waals surface area contributed by atoms with Crippen LogP contribution in [0.25, 0.3) is 0 Å². The van der Waals surface area contributed by atoms with Gasteiger partial charge < -0.3 is 25.4 Å². The lowest BCUT2D eigenvalue weighted by molar-refractivity contribution is -0.134. The van der Waals surface area contributed by atoms with Crippen LogP contribution in [0.2, 0.25) is 0 Å². The molecule has 3 atom stereocenters. The summed E-state index contributed by atoms with van der Waals surface area (Å²) >= 11 is 0. The zero-order valence-corrected chi connectivity index (χ0v) is 19.3. The van der Waals surface area contributed by atoms with Crippen LogP contribution in [0, 0.1) is 5.92 Å². The minimum atomic E-state index is -1.27. The zero-order chi connectivity index (χ0) is 23.9. The fourth-order valence-corrected chi connectivity index (χ4v) is 3.22. The van der Waals surface area contributed by atoms with Gasteiger partial charge in [0.25, 0.3) is 0 Å². The van der Waals surface area contributed by atoms with Crippen LogP contribution in [0.3, 0.4) is 0 Å². The third-order valence-electron chi connectivity index (χ3n) is 4.74. The number of amides is 2. The molecule has 0 radical (unpaired) electrons. The van der Waals surface area contributed by atoms with Gasteiger partial charge in [-0.05, 0) is 39.3 Å². The standard InChI is InChI=1S/C23H33N3O6/c1-14(2)25-13-17(31-21(29)15-9-7-6-8-10-15)18(26-22(30)32-23(3,4)5)19(27)16-11-12-24-20(16)28/h6-10,14,16-18,25H,11-13H2,1-5H3,(H,24,28)(H,26,30)/t16-,17?,18-/m0/s1. The van der Waals surface area contributed by atoms with E-state index in [1.807, 2.05) is 13.8 Å². The quantitative estimate of drug-likeness (QED) is 0.390. The fraction of sp³-hybridized carbons (Fsp3) is 0.565. The molecule has 1 aromatic carbocycles. The van der Waals surface area contributed by atoms with E-state index in [1.54, 1.807) is 51.1 Å². The summed E-state index contributed by atoms with van der Waals surface area (Å²) in [6.45, 7) is 9.35. The summed E-state index contributed by atoms with van der Waals surface area (Å²) in [6, 6.07) is 7.11. The van der Waals surface area contributed by atoms with E-state index in [4.69, 9.17) is 9.47 Å². The van der Waals surface area contributed by atoms with E-state index in [1.165, 1.54) is 0 Å². The smallest absolute Gasteiger partial charge is 0.408 e. The minimum Gasteiger partial charge on any atom is -0.455 e. The van der Waals surface area contributed by atoms with Crippen molar-refractivity contribution >= 4 is 23.8 Å². The molecule has 0 bridgehead atoms. The minimum absolute atomic E-state index is 0.0278. The van der Waals surface area contributed by atoms with Gasteiger partial charge >= 0.3 is 12.1 Å². The molecule has 1 heterocycles. The molecule has 0 spiro atoms. The summed E-state index contributed by atoms with van der Waals surface area (Å²) in [5.74, 6) is -2.51. The summed E-state index contributed by atoms with van der Waals surface area (Å²) in [4.78, 5) is 50.7. The van der Waals surface area contributed by atoms with Gasteiger partial charge in [0.15, 0.2) is 5.78 Å². The molecule has 2 amide bonds. The average molecular weight is 448 g/mol. The van der Waals surface area contributed by atoms with Crippen LogP contribution in [-0.2, 0) is 19.1 Å². The van der Waals surface area contributed by atoms with Crippen molar-refractivity contribution in [1.29, 1.82) is 0 Å². The molecule has 32 heavy (non-hydrogen) atoms. The summed E-state index contributed by atoms with van der Waals surface area (Å²) in [5.41, 5.74) is -0.487. The van der Waals surface area contributed by atoms with Gasteiger partial charge in [0, 0.05) is 19.1 Å². The van der Waals surface area contributed by atoms with Crippen molar-refractivity contribution in [2.75, 3.05) is 13.1 Å². The second-order valence-electron chi connectivity index (χ2n) is 9.03. The first-order valence-electron chi connectivity index (χ1n) is 10.8. The van der Waals surface area contributed by atoms with Crippen LogP contribution in [0.4, 0.5) is 4.79 Å². The molecule has 1 unspecified atom stereocenters. The SMILES string of the molecule is CC(C)NCC(OC(=O)c1ccccc1)[C@H](NC(=O)OC(C)(C)C)C(=O)[C@@H]1CCNC1=O. The van der Waals surface area contributed by atoms with Crippen LogP contribution in [0.1, 0.15) is 51.4 Å². The molecule has 0 saturated carbocycles. The third kappa shape index (κ3) is 7.64. The van der Waals surface area contributed by atoms with E-state index in [0.29, 0.717) is 18.5 Å². The molecular formula is C23H33N3O6. The van der Waals surface area contributed by atoms with E-state index in [9.17, 15) is 19.2 Å². The Labute approximate surface area is 188 Å². The first kappa shape index (κ1) is 25.3. The molecule has 3 N–H and O–H groups in total. The van der Waals surface area contributed by atoms with Gasteiger partial charge in [-0.2, -0.15) is 0 Å². The van der Waals surface area contributed by atoms with E-state index in [0.717, 1.165) is 0 Å². The number of alkyl carbamates (subject to hydrolysis) is 1. The number of rotatable bonds is 9. The van der Waals surface area contributed by atoms with Crippen molar-refractivity contribution in [2.45, 2.75) is 64.8 Å². The number of esters is 1. The first-order valence-corrected chi connectivity index (χ1v) is 10.8. The topological polar surface area (TPSA) is 123 Å². The Hall–Kier alpha value is -2.94. The molecule has 1 saturated heterocycles. The Morgan fingerprint density at radius 2 is 1.81 bits per heavy atom. The van der Waals surface area contributed by atoms with Gasteiger partial charge in [0.1, 0.15) is 23.7 Å². The molecule has 9 heteroatoms. The lowest BCUT2D eigenvalue weighted by Crippen LogP contribution is -2.57. The van der Waals surface area contributed by atoms with Crippen molar-refractivity contribution in [2.24, 2.45) is 5.92 Å². The average Bonchev–Trinajstić information content (AvgIpc) is 3.14. The van der Waals surface area contributed by atoms with E-state index in [-0.39, 0.29) is 12.6 Å². The molecule has 1 fully saturated rings. The molecule has 0 aromatic heterocycles. The molecular weight excluding hydrogens is 414 g/mol. The molecule has 1 aromatic rings. The molecule has 176 valence electrons. The van der Waals surface area contributed by atoms with Gasteiger partial charge in [-0.25, -0.2) is 9.59 Å². The number of carbonyl (C=O) groups excluding carboxylic acids is 4. The highest BCUT2D eigenvalue weighted by Gasteiger charge is 2.42. The van der Waals surface area contributed by atoms with Crippen LogP contribution in [0.5, 0.6) is 0 Å². The lowest BCUT2D eigenvalue weighted by Gasteiger charge is -2.30. The van der Waals surface area contributed by atoms with Crippen LogP contribution in [0.15, 0.2) is 30.3 Å². The maximum absolute atomic E-state index is 13.3. The van der Waals surface area contributed by atoms with Crippen molar-refractivity contribution < 1.29 is 28.7 Å². The predicted octanol–water partition coefficient (Wildman–Crippen LogP) is 1.81. The Morgan fingerprint density at radius 3 is 2.34 bits per heavy atom. The van der Waals surface area contributed by atoms with Gasteiger partial charge in [-0.1, -0.05) is 32.0 Å². The van der Waals surface area contributed by atoms with Crippen molar-refractivity contribution in [3.63, 3.8) is 0 Å². The number of ether oxygens (including phenoxy) is 2. The summed E-state index contributed by atoms with van der Waals surface area (Å²) in [6.07, 6.45) is -1.58. The molecule has 2 rings (SSSR count). The lowest BCUT2D eigenvalue weighted by atomic mass is 9.93. The Kier molecular flexibility index (Phi) is 8.77. The fourth-order valence-electron chi connectivity index (χ4n) is 3.22. The number of hydrogen-bond acceptors (Lipinski definition) is 7. The van der Waals surface area contributed by atoms with Crippen LogP contribution in [-0.4, -0.2) is 60.6 Å². The molecule has 9 nitrogen and oxygen atoms in total. The van der Waals surface area contributed by atoms with Gasteiger partial charge in [0.05, 0.1) is 5.56 Å². The summed E-state index contributed by atoms with van der Waals surface area (Å²) in [7, 11) is 0. The van der Waals surface area contributed by atoms with E-state index < -0.39 is 47.4 Å². The Balaban J connectivity index is 2.32. The molecule has 0 aliphatic carbocycles. The highest BCUT2D eigenvalue weighted by molar-refractivity contribution is 6.06. The van der Waals surface area contributed by atoms with Crippen molar-refractivity contribution in [1.82, 2.24) is 16.0 Å². The second-order valence-corrected chi connectivity index (χ2v) is 9.03. The number of Topliss-reactive ketones (excluding diaryl/α,β-unsaturated/α-hetero) is 1. The van der Waals surface area contributed by atoms with Crippen LogP contribution >= 0.6 is 0 Å². The maximum Gasteiger partial charge on any atom is 0.408 e. The zero-order valence-electron chi connectivity index (χ0n) is 19.3. The summed E-state index contributed by atoms with van der Waals surface area (Å²) in [5, 5.41) is 8.31. The highest BCUT2D eigenvalue weighted by atomic mass is 16.6. The number of carbonyl (C=O) groups is 4. The number of hydrogen-bond donors (Lipinski definition) is 3. The van der Waals surface area contributed by atoms with E-state index >= 15 is 0 Å². The van der Waals surface area contributed by atoms with Gasteiger partial charge in [-0.15, -0.1) is 0 Å². The third-order valence-corrected chi connectivity index (χ3v) is 4.74. The monoisotopic (exact) mass is 447 g/mol. The van der Waals surface area contributed by atoms with Crippen molar-refractivity contribution in [3.05, 3.63) is 35.9 Å². The van der Waals surface area contributed by atoms with Gasteiger partial charge in [0.2, 0.25) is 5.91 Å². The Morgan fingerprint density at radius 1 is 1.16 bits per heavy atom. The largest absolute Gasteiger partial charge is 0.455 e. The first-order chi connectivity index (χ1) is 15.0. The Bertz CT molecular complexity index is 819. The molecule has 1 aliphatic heterocycles. The summed E-state index contributed by atoms with van der Waals surface area (Å²) < 4.78 is 11.0. The van der Waals surface area contributed by atoms with Crippen LogP contribution < -0.4 is 16.0 Å². The molecule has 1 aliphatic rings. The number of ketones is 1. The van der Waals surface area contributed by atoms with E-state index in [2.05, 4.69) is 16.0 Å².